The molecule has 0 bridgehead atoms. The van der Waals surface area contributed by atoms with E-state index in [0.717, 1.165) is 0 Å². The van der Waals surface area contributed by atoms with Gasteiger partial charge in [-0.3, -0.25) is 9.36 Å². The van der Waals surface area contributed by atoms with Crippen molar-refractivity contribution in [1.82, 2.24) is 14.8 Å². The van der Waals surface area contributed by atoms with Crippen molar-refractivity contribution in [3.8, 4) is 5.69 Å². The predicted molar refractivity (Wildman–Crippen MR) is 119 cm³/mol. The molecule has 1 amide bonds. The maximum atomic E-state index is 14.0. The number of hydrogen-bond donors (Lipinski definition) is 1. The second kappa shape index (κ2) is 10.1. The number of nitrogens with one attached hydrogen (secondary N) is 1. The van der Waals surface area contributed by atoms with Crippen molar-refractivity contribution in [3.63, 3.8) is 0 Å². The molecule has 3 aromatic rings. The lowest BCUT2D eigenvalue weighted by molar-refractivity contribution is -0.115. The largest absolute Gasteiger partial charge is 0.378 e. The van der Waals surface area contributed by atoms with Gasteiger partial charge >= 0.3 is 0 Å². The summed E-state index contributed by atoms with van der Waals surface area (Å²) in [5.41, 5.74) is 1.09. The number of amides is 1. The average Bonchev–Trinajstić information content (AvgIpc) is 3.23. The molecule has 0 saturated carbocycles. The van der Waals surface area contributed by atoms with Crippen LogP contribution in [0.25, 0.3) is 5.69 Å². The zero-order chi connectivity index (χ0) is 22.5. The molecular weight excluding hydrogens is 436 g/mol. The molecule has 32 heavy (non-hydrogen) atoms. The van der Waals surface area contributed by atoms with Gasteiger partial charge in [0.2, 0.25) is 11.9 Å². The Morgan fingerprint density at radius 1 is 1.12 bits per heavy atom. The van der Waals surface area contributed by atoms with Crippen molar-refractivity contribution in [2.24, 2.45) is 0 Å². The highest BCUT2D eigenvalue weighted by Crippen LogP contribution is 2.31. The third kappa shape index (κ3) is 5.08. The molecule has 1 fully saturated rings. The van der Waals surface area contributed by atoms with E-state index in [1.165, 1.54) is 48.2 Å². The molecule has 1 unspecified atom stereocenters. The molecule has 1 atom stereocenters. The first kappa shape index (κ1) is 22.2. The zero-order valence-electron chi connectivity index (χ0n) is 17.5. The van der Waals surface area contributed by atoms with Crippen LogP contribution in [0.15, 0.2) is 53.7 Å². The van der Waals surface area contributed by atoms with Crippen molar-refractivity contribution >= 4 is 29.3 Å². The second-order valence-corrected chi connectivity index (χ2v) is 8.38. The van der Waals surface area contributed by atoms with Gasteiger partial charge in [-0.1, -0.05) is 24.8 Å². The van der Waals surface area contributed by atoms with Gasteiger partial charge in [-0.2, -0.15) is 0 Å². The number of nitrogens with zero attached hydrogens (tertiary/aromatic N) is 4. The Morgan fingerprint density at radius 3 is 2.56 bits per heavy atom. The molecule has 2 heterocycles. The quantitative estimate of drug-likeness (QED) is 0.541. The summed E-state index contributed by atoms with van der Waals surface area (Å²) in [5, 5.41) is 11.5. The summed E-state index contributed by atoms with van der Waals surface area (Å²) in [6.07, 6.45) is 0.528. The Kier molecular flexibility index (Phi) is 7.01. The maximum absolute atomic E-state index is 14.0. The van der Waals surface area contributed by atoms with Crippen molar-refractivity contribution in [2.75, 3.05) is 36.5 Å². The molecule has 1 aliphatic rings. The molecule has 1 N–H and O–H groups in total. The monoisotopic (exact) mass is 459 g/mol. The van der Waals surface area contributed by atoms with Crippen LogP contribution in [0.5, 0.6) is 0 Å². The number of anilines is 2. The van der Waals surface area contributed by atoms with Crippen LogP contribution < -0.4 is 10.2 Å². The summed E-state index contributed by atoms with van der Waals surface area (Å²) in [7, 11) is 0. The Hall–Kier alpha value is -2.98. The van der Waals surface area contributed by atoms with E-state index in [1.54, 1.807) is 16.7 Å². The van der Waals surface area contributed by atoms with Crippen molar-refractivity contribution in [3.05, 3.63) is 60.2 Å². The highest BCUT2D eigenvalue weighted by atomic mass is 32.2. The van der Waals surface area contributed by atoms with Crippen LogP contribution in [-0.2, 0) is 9.53 Å². The van der Waals surface area contributed by atoms with Gasteiger partial charge in [-0.15, -0.1) is 10.2 Å². The second-order valence-electron chi connectivity index (χ2n) is 7.21. The number of thioether (sulfide) groups is 1. The van der Waals surface area contributed by atoms with Crippen LogP contribution in [0.2, 0.25) is 0 Å². The first-order chi connectivity index (χ1) is 15.5. The summed E-state index contributed by atoms with van der Waals surface area (Å²) in [4.78, 5) is 14.9. The normalized spacial score (nSPS) is 14.9. The van der Waals surface area contributed by atoms with Crippen molar-refractivity contribution in [2.45, 2.75) is 23.8 Å². The van der Waals surface area contributed by atoms with Crippen LogP contribution in [0, 0.1) is 11.6 Å². The summed E-state index contributed by atoms with van der Waals surface area (Å²) >= 11 is 1.25. The number of morpholine rings is 1. The van der Waals surface area contributed by atoms with Gasteiger partial charge < -0.3 is 15.0 Å². The van der Waals surface area contributed by atoms with E-state index in [2.05, 4.69) is 15.5 Å². The molecule has 4 rings (SSSR count). The number of halogens is 2. The van der Waals surface area contributed by atoms with Gasteiger partial charge in [0.1, 0.15) is 11.6 Å². The SMILES string of the molecule is CCC(Sc1nnc(N2CCOCC2)n1-c1cccc(F)c1)C(=O)Nc1ccc(F)cc1. The Balaban J connectivity index is 1.62. The van der Waals surface area contributed by atoms with Crippen LogP contribution in [0.1, 0.15) is 13.3 Å². The van der Waals surface area contributed by atoms with Gasteiger partial charge in [0.25, 0.3) is 0 Å². The summed E-state index contributed by atoms with van der Waals surface area (Å²) < 4.78 is 34.4. The first-order valence-electron chi connectivity index (χ1n) is 10.3. The molecule has 10 heteroatoms. The Bertz CT molecular complexity index is 1070. The predicted octanol–water partition coefficient (Wildman–Crippen LogP) is 3.89. The molecule has 1 saturated heterocycles. The smallest absolute Gasteiger partial charge is 0.237 e. The molecule has 0 spiro atoms. The fourth-order valence-corrected chi connectivity index (χ4v) is 4.32. The van der Waals surface area contributed by atoms with E-state index in [1.807, 2.05) is 11.8 Å². The molecule has 0 radical (unpaired) electrons. The average molecular weight is 460 g/mol. The van der Waals surface area contributed by atoms with Crippen LogP contribution in [-0.4, -0.2) is 52.2 Å². The molecule has 2 aromatic carbocycles. The minimum absolute atomic E-state index is 0.231. The van der Waals surface area contributed by atoms with E-state index >= 15 is 0 Å². The maximum Gasteiger partial charge on any atom is 0.237 e. The van der Waals surface area contributed by atoms with E-state index in [0.29, 0.717) is 55.2 Å². The van der Waals surface area contributed by atoms with Gasteiger partial charge in [-0.05, 0) is 48.9 Å². The van der Waals surface area contributed by atoms with E-state index in [-0.39, 0.29) is 17.5 Å². The first-order valence-corrected chi connectivity index (χ1v) is 11.2. The number of ether oxygens (including phenoxy) is 1. The minimum Gasteiger partial charge on any atom is -0.378 e. The third-order valence-electron chi connectivity index (χ3n) is 5.00. The lowest BCUT2D eigenvalue weighted by Gasteiger charge is -2.28. The topological polar surface area (TPSA) is 72.3 Å². The molecule has 168 valence electrons. The van der Waals surface area contributed by atoms with E-state index < -0.39 is 5.25 Å². The highest BCUT2D eigenvalue weighted by Gasteiger charge is 2.26. The molecule has 0 aliphatic carbocycles. The Morgan fingerprint density at radius 2 is 1.88 bits per heavy atom. The fourth-order valence-electron chi connectivity index (χ4n) is 3.35. The molecular formula is C22H23F2N5O2S. The fraction of sp³-hybridized carbons (Fsp3) is 0.318. The van der Waals surface area contributed by atoms with E-state index in [9.17, 15) is 13.6 Å². The summed E-state index contributed by atoms with van der Waals surface area (Å²) in [6, 6.07) is 11.8. The zero-order valence-corrected chi connectivity index (χ0v) is 18.3. The number of carbonyl (C=O) groups excluding carboxylic acids is 1. The third-order valence-corrected chi connectivity index (χ3v) is 6.31. The van der Waals surface area contributed by atoms with Crippen LogP contribution in [0.4, 0.5) is 20.4 Å². The number of rotatable bonds is 7. The molecule has 1 aromatic heterocycles. The lowest BCUT2D eigenvalue weighted by Crippen LogP contribution is -2.38. The van der Waals surface area contributed by atoms with Crippen molar-refractivity contribution < 1.29 is 18.3 Å². The van der Waals surface area contributed by atoms with Gasteiger partial charge in [0, 0.05) is 18.8 Å². The highest BCUT2D eigenvalue weighted by molar-refractivity contribution is 8.00. The number of aromatic nitrogens is 3. The number of carbonyl (C=O) groups is 1. The van der Waals surface area contributed by atoms with Gasteiger partial charge in [0.05, 0.1) is 24.2 Å². The summed E-state index contributed by atoms with van der Waals surface area (Å²) in [6.45, 7) is 4.31. The lowest BCUT2D eigenvalue weighted by atomic mass is 10.2. The van der Waals surface area contributed by atoms with Gasteiger partial charge in [0.15, 0.2) is 5.16 Å². The van der Waals surface area contributed by atoms with Crippen molar-refractivity contribution in [1.29, 1.82) is 0 Å². The van der Waals surface area contributed by atoms with Gasteiger partial charge in [-0.25, -0.2) is 8.78 Å². The van der Waals surface area contributed by atoms with E-state index in [4.69, 9.17) is 4.74 Å². The molecule has 7 nitrogen and oxygen atoms in total. The number of benzene rings is 2. The molecule has 1 aliphatic heterocycles. The van der Waals surface area contributed by atoms with Crippen LogP contribution in [0.3, 0.4) is 0 Å². The summed E-state index contributed by atoms with van der Waals surface area (Å²) in [5.74, 6) is -0.398. The standard InChI is InChI=1S/C22H23F2N5O2S/c1-2-19(20(30)25-17-8-6-15(23)7-9-17)32-22-27-26-21(28-10-12-31-13-11-28)29(22)18-5-3-4-16(24)14-18/h3-9,14,19H,2,10-13H2,1H3,(H,25,30). The minimum atomic E-state index is -0.478. The Labute approximate surface area is 188 Å². The number of hydrogen-bond acceptors (Lipinski definition) is 6. The van der Waals surface area contributed by atoms with Crippen LogP contribution >= 0.6 is 11.8 Å².